The molecule has 96 valence electrons. The molecule has 3 nitrogen and oxygen atoms in total. The number of ether oxygens (including phenoxy) is 2. The van der Waals surface area contributed by atoms with Gasteiger partial charge in [0.05, 0.1) is 25.4 Å². The Morgan fingerprint density at radius 2 is 1.94 bits per heavy atom. The molecule has 17 heavy (non-hydrogen) atoms. The molecular formula is C14H23NO2. The number of nitrogens with two attached hydrogens (primary N) is 1. The Kier molecular flexibility index (Phi) is 6.01. The minimum absolute atomic E-state index is 0.133. The summed E-state index contributed by atoms with van der Waals surface area (Å²) in [6.07, 6.45) is 1.25. The van der Waals surface area contributed by atoms with Crippen LogP contribution >= 0.6 is 0 Å². The van der Waals surface area contributed by atoms with Crippen molar-refractivity contribution in [3.63, 3.8) is 0 Å². The molecule has 0 saturated carbocycles. The van der Waals surface area contributed by atoms with Gasteiger partial charge in [0.1, 0.15) is 5.75 Å². The molecule has 0 saturated heterocycles. The maximum Gasteiger partial charge on any atom is 0.124 e. The predicted octanol–water partition coefficient (Wildman–Crippen LogP) is 2.90. The summed E-state index contributed by atoms with van der Waals surface area (Å²) in [6.45, 7) is 7.30. The van der Waals surface area contributed by atoms with E-state index in [0.29, 0.717) is 13.2 Å². The van der Waals surface area contributed by atoms with Crippen molar-refractivity contribution in [3.8, 4) is 5.75 Å². The van der Waals surface area contributed by atoms with Crippen LogP contribution in [0.25, 0.3) is 0 Å². The third-order valence-electron chi connectivity index (χ3n) is 2.75. The molecule has 0 aliphatic carbocycles. The van der Waals surface area contributed by atoms with Crippen molar-refractivity contribution in [3.05, 3.63) is 29.8 Å². The van der Waals surface area contributed by atoms with E-state index in [1.54, 1.807) is 0 Å². The molecule has 1 aromatic rings. The fourth-order valence-corrected chi connectivity index (χ4v) is 1.55. The summed E-state index contributed by atoms with van der Waals surface area (Å²) < 4.78 is 11.2. The highest BCUT2D eigenvalue weighted by Crippen LogP contribution is 2.24. The van der Waals surface area contributed by atoms with Crippen LogP contribution in [0, 0.1) is 0 Å². The third-order valence-corrected chi connectivity index (χ3v) is 2.75. The van der Waals surface area contributed by atoms with Crippen LogP contribution in [0.5, 0.6) is 5.75 Å². The third kappa shape index (κ3) is 4.36. The molecule has 2 unspecified atom stereocenters. The molecule has 0 aliphatic rings. The van der Waals surface area contributed by atoms with Gasteiger partial charge in [-0.1, -0.05) is 25.1 Å². The lowest BCUT2D eigenvalue weighted by Gasteiger charge is -2.18. The van der Waals surface area contributed by atoms with E-state index >= 15 is 0 Å². The predicted molar refractivity (Wildman–Crippen MR) is 70.2 cm³/mol. The fraction of sp³-hybridized carbons (Fsp3) is 0.571. The summed E-state index contributed by atoms with van der Waals surface area (Å²) in [5.41, 5.74) is 7.14. The van der Waals surface area contributed by atoms with Crippen LogP contribution in [-0.4, -0.2) is 19.3 Å². The van der Waals surface area contributed by atoms with Crippen molar-refractivity contribution in [2.24, 2.45) is 5.73 Å². The number of para-hydroxylation sites is 1. The SMILES string of the molecule is CCOc1ccccc1C(N)COC(C)CC. The smallest absolute Gasteiger partial charge is 0.124 e. The van der Waals surface area contributed by atoms with Gasteiger partial charge < -0.3 is 15.2 Å². The zero-order valence-electron chi connectivity index (χ0n) is 11.0. The first-order valence-electron chi connectivity index (χ1n) is 6.27. The second-order valence-corrected chi connectivity index (χ2v) is 4.13. The Balaban J connectivity index is 2.64. The summed E-state index contributed by atoms with van der Waals surface area (Å²) in [5, 5.41) is 0. The van der Waals surface area contributed by atoms with E-state index < -0.39 is 0 Å². The quantitative estimate of drug-likeness (QED) is 0.793. The second kappa shape index (κ2) is 7.30. The number of rotatable bonds is 7. The minimum Gasteiger partial charge on any atom is -0.494 e. The van der Waals surface area contributed by atoms with Gasteiger partial charge in [-0.3, -0.25) is 0 Å². The van der Waals surface area contributed by atoms with E-state index in [2.05, 4.69) is 13.8 Å². The zero-order chi connectivity index (χ0) is 12.7. The molecule has 2 atom stereocenters. The zero-order valence-corrected chi connectivity index (χ0v) is 11.0. The molecule has 0 radical (unpaired) electrons. The Labute approximate surface area is 104 Å². The highest BCUT2D eigenvalue weighted by molar-refractivity contribution is 5.35. The molecule has 0 bridgehead atoms. The minimum atomic E-state index is -0.133. The topological polar surface area (TPSA) is 44.5 Å². The molecule has 0 amide bonds. The Morgan fingerprint density at radius 3 is 2.59 bits per heavy atom. The van der Waals surface area contributed by atoms with Crippen LogP contribution in [0.3, 0.4) is 0 Å². The summed E-state index contributed by atoms with van der Waals surface area (Å²) in [7, 11) is 0. The van der Waals surface area contributed by atoms with Crippen LogP contribution in [-0.2, 0) is 4.74 Å². The van der Waals surface area contributed by atoms with Crippen LogP contribution in [0.2, 0.25) is 0 Å². The van der Waals surface area contributed by atoms with Crippen molar-refractivity contribution in [1.29, 1.82) is 0 Å². The van der Waals surface area contributed by atoms with Gasteiger partial charge in [0.25, 0.3) is 0 Å². The molecule has 3 heteroatoms. The maximum atomic E-state index is 6.12. The lowest BCUT2D eigenvalue weighted by Crippen LogP contribution is -2.21. The van der Waals surface area contributed by atoms with Crippen LogP contribution in [0.1, 0.15) is 38.8 Å². The molecule has 0 spiro atoms. The highest BCUT2D eigenvalue weighted by Gasteiger charge is 2.12. The maximum absolute atomic E-state index is 6.12. The van der Waals surface area contributed by atoms with Crippen molar-refractivity contribution < 1.29 is 9.47 Å². The number of benzene rings is 1. The van der Waals surface area contributed by atoms with Crippen molar-refractivity contribution >= 4 is 0 Å². The van der Waals surface area contributed by atoms with E-state index in [9.17, 15) is 0 Å². The summed E-state index contributed by atoms with van der Waals surface area (Å²) >= 11 is 0. The molecule has 1 aromatic carbocycles. The normalized spacial score (nSPS) is 14.4. The Morgan fingerprint density at radius 1 is 1.24 bits per heavy atom. The highest BCUT2D eigenvalue weighted by atomic mass is 16.5. The molecule has 0 aliphatic heterocycles. The number of hydrogen-bond acceptors (Lipinski definition) is 3. The summed E-state index contributed by atoms with van der Waals surface area (Å²) in [4.78, 5) is 0. The molecule has 0 aromatic heterocycles. The van der Waals surface area contributed by atoms with E-state index in [4.69, 9.17) is 15.2 Å². The lowest BCUT2D eigenvalue weighted by atomic mass is 10.1. The van der Waals surface area contributed by atoms with Gasteiger partial charge in [0, 0.05) is 5.56 Å². The van der Waals surface area contributed by atoms with E-state index in [-0.39, 0.29) is 12.1 Å². The van der Waals surface area contributed by atoms with Gasteiger partial charge in [0.2, 0.25) is 0 Å². The Bertz CT molecular complexity index is 328. The largest absolute Gasteiger partial charge is 0.494 e. The first kappa shape index (κ1) is 14.0. The number of hydrogen-bond donors (Lipinski definition) is 1. The van der Waals surface area contributed by atoms with Gasteiger partial charge in [-0.15, -0.1) is 0 Å². The van der Waals surface area contributed by atoms with Gasteiger partial charge in [-0.05, 0) is 26.3 Å². The molecule has 0 heterocycles. The van der Waals surface area contributed by atoms with Gasteiger partial charge in [-0.2, -0.15) is 0 Å². The summed E-state index contributed by atoms with van der Waals surface area (Å²) in [5.74, 6) is 0.857. The van der Waals surface area contributed by atoms with Crippen molar-refractivity contribution in [2.45, 2.75) is 39.3 Å². The van der Waals surface area contributed by atoms with Crippen LogP contribution in [0.15, 0.2) is 24.3 Å². The van der Waals surface area contributed by atoms with Gasteiger partial charge in [0.15, 0.2) is 0 Å². The van der Waals surface area contributed by atoms with Crippen molar-refractivity contribution in [1.82, 2.24) is 0 Å². The van der Waals surface area contributed by atoms with E-state index in [1.165, 1.54) is 0 Å². The van der Waals surface area contributed by atoms with Crippen LogP contribution in [0.4, 0.5) is 0 Å². The van der Waals surface area contributed by atoms with Crippen molar-refractivity contribution in [2.75, 3.05) is 13.2 Å². The van der Waals surface area contributed by atoms with Gasteiger partial charge >= 0.3 is 0 Å². The molecule has 2 N–H and O–H groups in total. The second-order valence-electron chi connectivity index (χ2n) is 4.13. The summed E-state index contributed by atoms with van der Waals surface area (Å²) in [6, 6.07) is 7.74. The molecule has 1 rings (SSSR count). The van der Waals surface area contributed by atoms with E-state index in [1.807, 2.05) is 31.2 Å². The van der Waals surface area contributed by atoms with Crippen LogP contribution < -0.4 is 10.5 Å². The molecular weight excluding hydrogens is 214 g/mol. The van der Waals surface area contributed by atoms with Gasteiger partial charge in [-0.25, -0.2) is 0 Å². The first-order valence-corrected chi connectivity index (χ1v) is 6.27. The molecule has 0 fully saturated rings. The van der Waals surface area contributed by atoms with E-state index in [0.717, 1.165) is 17.7 Å². The first-order chi connectivity index (χ1) is 8.19. The standard InChI is InChI=1S/C14H23NO2/c1-4-11(3)17-10-13(15)12-8-6-7-9-14(12)16-5-2/h6-9,11,13H,4-5,10,15H2,1-3H3. The Hall–Kier alpha value is -1.06. The fourth-order valence-electron chi connectivity index (χ4n) is 1.55. The average Bonchev–Trinajstić information content (AvgIpc) is 2.36. The average molecular weight is 237 g/mol. The lowest BCUT2D eigenvalue weighted by molar-refractivity contribution is 0.0534. The monoisotopic (exact) mass is 237 g/mol.